The average Bonchev–Trinajstić information content (AvgIpc) is 3.12. The van der Waals surface area contributed by atoms with Crippen LogP contribution in [0, 0.1) is 0 Å². The number of carbonyl (C=O) groups is 1. The Kier molecular flexibility index (Phi) is 5.15. The third kappa shape index (κ3) is 5.83. The molecule has 0 aromatic heterocycles. The van der Waals surface area contributed by atoms with Gasteiger partial charge in [0.2, 0.25) is 0 Å². The monoisotopic (exact) mass is 297 g/mol. The second kappa shape index (κ2) is 6.53. The summed E-state index contributed by atoms with van der Waals surface area (Å²) in [5, 5.41) is 0. The molecule has 2 N–H and O–H groups in total. The van der Waals surface area contributed by atoms with E-state index >= 15 is 0 Å². The number of amides is 1. The lowest BCUT2D eigenvalue weighted by molar-refractivity contribution is 0.0144. The number of nitrogens with two attached hydrogens (primary N) is 1. The van der Waals surface area contributed by atoms with Crippen LogP contribution in [0.15, 0.2) is 0 Å². The van der Waals surface area contributed by atoms with E-state index in [-0.39, 0.29) is 11.6 Å². The number of rotatable bonds is 5. The van der Waals surface area contributed by atoms with E-state index in [1.807, 2.05) is 25.7 Å². The van der Waals surface area contributed by atoms with E-state index in [2.05, 4.69) is 4.90 Å². The SMILES string of the molecule is CC(C)(C)OC(=O)N1CCN(CCCCC2(N)CC2)CC1. The minimum absolute atomic E-state index is 0.180. The summed E-state index contributed by atoms with van der Waals surface area (Å²) in [5.74, 6) is 0. The Hall–Kier alpha value is -0.810. The van der Waals surface area contributed by atoms with Crippen molar-refractivity contribution < 1.29 is 9.53 Å². The van der Waals surface area contributed by atoms with Crippen molar-refractivity contribution in [1.29, 1.82) is 0 Å². The fourth-order valence-corrected chi connectivity index (χ4v) is 2.70. The first-order chi connectivity index (χ1) is 9.77. The van der Waals surface area contributed by atoms with Gasteiger partial charge in [-0.1, -0.05) is 6.42 Å². The van der Waals surface area contributed by atoms with Crippen LogP contribution < -0.4 is 5.73 Å². The van der Waals surface area contributed by atoms with Gasteiger partial charge in [0.25, 0.3) is 0 Å². The molecule has 2 aliphatic rings. The number of ether oxygens (including phenoxy) is 1. The lowest BCUT2D eigenvalue weighted by Crippen LogP contribution is -2.50. The van der Waals surface area contributed by atoms with Crippen LogP contribution in [0.2, 0.25) is 0 Å². The number of nitrogens with zero attached hydrogens (tertiary/aromatic N) is 2. The summed E-state index contributed by atoms with van der Waals surface area (Å²) >= 11 is 0. The molecule has 2 rings (SSSR count). The van der Waals surface area contributed by atoms with Crippen molar-refractivity contribution in [3.8, 4) is 0 Å². The van der Waals surface area contributed by atoms with Crippen molar-refractivity contribution in [3.05, 3.63) is 0 Å². The Morgan fingerprint density at radius 3 is 2.29 bits per heavy atom. The summed E-state index contributed by atoms with van der Waals surface area (Å²) in [4.78, 5) is 16.2. The molecule has 1 saturated carbocycles. The molecule has 122 valence electrons. The molecule has 0 radical (unpaired) electrons. The zero-order chi connectivity index (χ0) is 15.5. The second-order valence-corrected chi connectivity index (χ2v) is 7.63. The maximum atomic E-state index is 12.0. The highest BCUT2D eigenvalue weighted by Gasteiger charge is 2.37. The van der Waals surface area contributed by atoms with Crippen LogP contribution in [0.5, 0.6) is 0 Å². The van der Waals surface area contributed by atoms with Gasteiger partial charge in [-0.25, -0.2) is 4.79 Å². The lowest BCUT2D eigenvalue weighted by atomic mass is 10.1. The van der Waals surface area contributed by atoms with Gasteiger partial charge < -0.3 is 15.4 Å². The standard InChI is InChI=1S/C16H31N3O2/c1-15(2,3)21-14(20)19-12-10-18(11-13-19)9-5-4-6-16(17)7-8-16/h4-13,17H2,1-3H3. The minimum atomic E-state index is -0.408. The van der Waals surface area contributed by atoms with Crippen molar-refractivity contribution >= 4 is 6.09 Å². The smallest absolute Gasteiger partial charge is 0.410 e. The lowest BCUT2D eigenvalue weighted by Gasteiger charge is -2.35. The van der Waals surface area contributed by atoms with Gasteiger partial charge in [-0.15, -0.1) is 0 Å². The number of piperazine rings is 1. The molecule has 1 aliphatic heterocycles. The highest BCUT2D eigenvalue weighted by atomic mass is 16.6. The largest absolute Gasteiger partial charge is 0.444 e. The summed E-state index contributed by atoms with van der Waals surface area (Å²) in [6.45, 7) is 10.3. The summed E-state index contributed by atoms with van der Waals surface area (Å²) in [6, 6.07) is 0. The quantitative estimate of drug-likeness (QED) is 0.790. The highest BCUT2D eigenvalue weighted by molar-refractivity contribution is 5.68. The molecule has 0 bridgehead atoms. The van der Waals surface area contributed by atoms with Crippen molar-refractivity contribution in [1.82, 2.24) is 9.80 Å². The predicted molar refractivity (Wildman–Crippen MR) is 84.3 cm³/mol. The van der Waals surface area contributed by atoms with Crippen molar-refractivity contribution in [2.75, 3.05) is 32.7 Å². The van der Waals surface area contributed by atoms with E-state index in [9.17, 15) is 4.79 Å². The molecule has 1 amide bonds. The molecule has 0 spiro atoms. The Labute approximate surface area is 128 Å². The number of hydrogen-bond donors (Lipinski definition) is 1. The third-order valence-corrected chi connectivity index (χ3v) is 4.32. The Bertz CT molecular complexity index is 353. The van der Waals surface area contributed by atoms with Gasteiger partial charge in [0.1, 0.15) is 5.60 Å². The van der Waals surface area contributed by atoms with Gasteiger partial charge in [-0.3, -0.25) is 4.90 Å². The molecule has 2 fully saturated rings. The van der Waals surface area contributed by atoms with E-state index in [1.165, 1.54) is 32.1 Å². The minimum Gasteiger partial charge on any atom is -0.444 e. The van der Waals surface area contributed by atoms with E-state index < -0.39 is 5.60 Å². The summed E-state index contributed by atoms with van der Waals surface area (Å²) < 4.78 is 5.41. The molecule has 5 heteroatoms. The second-order valence-electron chi connectivity index (χ2n) is 7.63. The molecule has 5 nitrogen and oxygen atoms in total. The van der Waals surface area contributed by atoms with Crippen LogP contribution >= 0.6 is 0 Å². The topological polar surface area (TPSA) is 58.8 Å². The molecular formula is C16H31N3O2. The fourth-order valence-electron chi connectivity index (χ4n) is 2.70. The Morgan fingerprint density at radius 1 is 1.14 bits per heavy atom. The first kappa shape index (κ1) is 16.6. The zero-order valence-corrected chi connectivity index (χ0v) is 13.9. The molecule has 0 aromatic rings. The molecule has 0 aromatic carbocycles. The van der Waals surface area contributed by atoms with Crippen molar-refractivity contribution in [2.24, 2.45) is 5.73 Å². The van der Waals surface area contributed by atoms with E-state index in [1.54, 1.807) is 0 Å². The van der Waals surface area contributed by atoms with Crippen LogP contribution in [-0.4, -0.2) is 59.8 Å². The molecule has 1 saturated heterocycles. The zero-order valence-electron chi connectivity index (χ0n) is 13.9. The van der Waals surface area contributed by atoms with Gasteiger partial charge in [0.15, 0.2) is 0 Å². The fraction of sp³-hybridized carbons (Fsp3) is 0.938. The molecule has 21 heavy (non-hydrogen) atoms. The number of unbranched alkanes of at least 4 members (excludes halogenated alkanes) is 1. The third-order valence-electron chi connectivity index (χ3n) is 4.32. The van der Waals surface area contributed by atoms with Gasteiger partial charge in [0.05, 0.1) is 0 Å². The number of carbonyl (C=O) groups excluding carboxylic acids is 1. The van der Waals surface area contributed by atoms with Crippen LogP contribution in [0.3, 0.4) is 0 Å². The molecule has 0 atom stereocenters. The van der Waals surface area contributed by atoms with Crippen molar-refractivity contribution in [3.63, 3.8) is 0 Å². The normalized spacial score (nSPS) is 22.2. The van der Waals surface area contributed by atoms with Gasteiger partial charge in [-0.2, -0.15) is 0 Å². The maximum absolute atomic E-state index is 12.0. The van der Waals surface area contributed by atoms with Gasteiger partial charge in [0, 0.05) is 31.7 Å². The summed E-state index contributed by atoms with van der Waals surface area (Å²) in [7, 11) is 0. The molecule has 0 unspecified atom stereocenters. The first-order valence-corrected chi connectivity index (χ1v) is 8.27. The summed E-state index contributed by atoms with van der Waals surface area (Å²) in [6.07, 6.45) is 5.85. The highest BCUT2D eigenvalue weighted by Crippen LogP contribution is 2.36. The molecule has 1 aliphatic carbocycles. The van der Waals surface area contributed by atoms with E-state index in [4.69, 9.17) is 10.5 Å². The molecular weight excluding hydrogens is 266 g/mol. The molecule has 1 heterocycles. The number of hydrogen-bond acceptors (Lipinski definition) is 4. The van der Waals surface area contributed by atoms with Crippen LogP contribution in [0.1, 0.15) is 52.9 Å². The van der Waals surface area contributed by atoms with Gasteiger partial charge >= 0.3 is 6.09 Å². The Balaban J connectivity index is 1.58. The summed E-state index contributed by atoms with van der Waals surface area (Å²) in [5.41, 5.74) is 5.88. The van der Waals surface area contributed by atoms with Crippen molar-refractivity contribution in [2.45, 2.75) is 64.0 Å². The van der Waals surface area contributed by atoms with Crippen LogP contribution in [-0.2, 0) is 4.74 Å². The first-order valence-electron chi connectivity index (χ1n) is 8.27. The van der Waals surface area contributed by atoms with E-state index in [0.717, 1.165) is 32.7 Å². The van der Waals surface area contributed by atoms with Gasteiger partial charge in [-0.05, 0) is 53.0 Å². The average molecular weight is 297 g/mol. The van der Waals surface area contributed by atoms with Crippen LogP contribution in [0.25, 0.3) is 0 Å². The van der Waals surface area contributed by atoms with Crippen LogP contribution in [0.4, 0.5) is 4.79 Å². The van der Waals surface area contributed by atoms with E-state index in [0.29, 0.717) is 0 Å². The maximum Gasteiger partial charge on any atom is 0.410 e. The predicted octanol–water partition coefficient (Wildman–Crippen LogP) is 2.20. The Morgan fingerprint density at radius 2 is 1.76 bits per heavy atom.